The molecule has 0 amide bonds. The van der Waals surface area contributed by atoms with Gasteiger partial charge in [-0.25, -0.2) is 4.99 Å². The van der Waals surface area contributed by atoms with Gasteiger partial charge in [0, 0.05) is 31.8 Å². The maximum Gasteiger partial charge on any atom is 0.346 e. The summed E-state index contributed by atoms with van der Waals surface area (Å²) >= 11 is 0. The number of fused-ring (bicyclic) bond motifs is 2. The van der Waals surface area contributed by atoms with Gasteiger partial charge in [0.05, 0.1) is 19.2 Å². The third kappa shape index (κ3) is 2.21. The maximum absolute atomic E-state index is 10.7. The Bertz CT molecular complexity index is 999. The summed E-state index contributed by atoms with van der Waals surface area (Å²) < 4.78 is 16.9. The standard InChI is InChI=1S/C22H25N5O3/c1-28-15-10-8-14(9-11-15)18-20(12-23)19(25)27-22(29-2,30-3)21(20,13-24)16-6-4-5-7-17(16)26-18/h8-11,18,26H,4-7H2,1-3H3,(H2,25,27)/p+2/t18-,20+,21+/m0/s1. The van der Waals surface area contributed by atoms with Crippen molar-refractivity contribution in [1.82, 2.24) is 0 Å². The molecule has 8 nitrogen and oxygen atoms in total. The second kappa shape index (κ2) is 7.10. The number of quaternary nitrogens is 1. The minimum absolute atomic E-state index is 0.185. The zero-order chi connectivity index (χ0) is 21.6. The molecule has 0 aromatic heterocycles. The molecule has 1 aliphatic carbocycles. The van der Waals surface area contributed by atoms with E-state index in [2.05, 4.69) is 22.4 Å². The van der Waals surface area contributed by atoms with Gasteiger partial charge in [0.2, 0.25) is 10.8 Å². The van der Waals surface area contributed by atoms with Gasteiger partial charge in [-0.1, -0.05) is 0 Å². The fraction of sp³-hybridized carbons (Fsp3) is 0.500. The molecule has 0 radical (unpaired) electrons. The van der Waals surface area contributed by atoms with E-state index in [1.165, 1.54) is 14.2 Å². The second-order valence-corrected chi connectivity index (χ2v) is 7.97. The lowest BCUT2D eigenvalue weighted by molar-refractivity contribution is -0.700. The molecule has 0 bridgehead atoms. The SMILES string of the molecule is COc1ccc([C@@H]2[NH2+]C3=C(CCCC3)[C@@]3(C#N)C(OC)(OC)[NH+]=C(N)[C@@]23C#N)cc1. The molecule has 5 N–H and O–H groups in total. The van der Waals surface area contributed by atoms with Crippen LogP contribution in [0.15, 0.2) is 35.5 Å². The molecule has 2 aliphatic heterocycles. The van der Waals surface area contributed by atoms with E-state index in [0.717, 1.165) is 36.1 Å². The van der Waals surface area contributed by atoms with E-state index in [0.29, 0.717) is 12.2 Å². The molecule has 3 atom stereocenters. The van der Waals surface area contributed by atoms with Crippen molar-refractivity contribution in [3.05, 3.63) is 41.1 Å². The molecule has 4 rings (SSSR count). The van der Waals surface area contributed by atoms with Crippen LogP contribution in [0.5, 0.6) is 5.75 Å². The Morgan fingerprint density at radius 3 is 2.30 bits per heavy atom. The van der Waals surface area contributed by atoms with Gasteiger partial charge in [-0.15, -0.1) is 0 Å². The van der Waals surface area contributed by atoms with Crippen molar-refractivity contribution in [2.75, 3.05) is 21.3 Å². The Labute approximate surface area is 175 Å². The summed E-state index contributed by atoms with van der Waals surface area (Å²) in [4.78, 5) is 3.07. The second-order valence-electron chi connectivity index (χ2n) is 7.97. The number of nitrogens with two attached hydrogens (primary N) is 2. The average molecular weight is 409 g/mol. The van der Waals surface area contributed by atoms with Gasteiger partial charge in [-0.05, 0) is 43.5 Å². The van der Waals surface area contributed by atoms with Crippen molar-refractivity contribution in [2.45, 2.75) is 37.6 Å². The highest BCUT2D eigenvalue weighted by Gasteiger charge is 2.84. The van der Waals surface area contributed by atoms with E-state index >= 15 is 0 Å². The van der Waals surface area contributed by atoms with E-state index in [1.54, 1.807) is 7.11 Å². The summed E-state index contributed by atoms with van der Waals surface area (Å²) in [5.41, 5.74) is 6.55. The highest BCUT2D eigenvalue weighted by atomic mass is 16.7. The van der Waals surface area contributed by atoms with Crippen molar-refractivity contribution in [1.29, 1.82) is 10.5 Å². The monoisotopic (exact) mass is 409 g/mol. The minimum Gasteiger partial charge on any atom is -0.497 e. The van der Waals surface area contributed by atoms with E-state index in [-0.39, 0.29) is 5.84 Å². The van der Waals surface area contributed by atoms with Crippen LogP contribution in [0.2, 0.25) is 0 Å². The number of hydrogen-bond donors (Lipinski definition) is 3. The van der Waals surface area contributed by atoms with Crippen LogP contribution in [0.25, 0.3) is 0 Å². The highest BCUT2D eigenvalue weighted by Crippen LogP contribution is 2.61. The lowest BCUT2D eigenvalue weighted by Gasteiger charge is -2.48. The van der Waals surface area contributed by atoms with Crippen molar-refractivity contribution in [2.24, 2.45) is 16.6 Å². The Hall–Kier alpha value is -2.91. The molecule has 3 aliphatic rings. The molecule has 30 heavy (non-hydrogen) atoms. The minimum atomic E-state index is -1.56. The van der Waals surface area contributed by atoms with Gasteiger partial charge in [-0.2, -0.15) is 10.5 Å². The lowest BCUT2D eigenvalue weighted by atomic mass is 9.52. The molecule has 0 saturated heterocycles. The molecule has 8 heteroatoms. The summed E-state index contributed by atoms with van der Waals surface area (Å²) in [6.45, 7) is 0. The summed E-state index contributed by atoms with van der Waals surface area (Å²) in [6.07, 6.45) is 3.51. The Kier molecular flexibility index (Phi) is 4.82. The molecule has 1 aromatic rings. The van der Waals surface area contributed by atoms with E-state index < -0.39 is 22.8 Å². The average Bonchev–Trinajstić information content (AvgIpc) is 3.04. The van der Waals surface area contributed by atoms with Crippen molar-refractivity contribution < 1.29 is 24.5 Å². The van der Waals surface area contributed by atoms with Gasteiger partial charge < -0.3 is 19.5 Å². The number of methoxy groups -OCH3 is 3. The van der Waals surface area contributed by atoms with E-state index in [1.807, 2.05) is 24.3 Å². The number of nitrogens with one attached hydrogen (secondary N) is 1. The molecule has 0 fully saturated rings. The topological polar surface area (TPSA) is 132 Å². The summed E-state index contributed by atoms with van der Waals surface area (Å²) in [7, 11) is 4.55. The maximum atomic E-state index is 10.7. The van der Waals surface area contributed by atoms with Gasteiger partial charge in [0.1, 0.15) is 17.5 Å². The number of nitrogens with zero attached hydrogens (tertiary/aromatic N) is 2. The molecular weight excluding hydrogens is 382 g/mol. The third-order valence-electron chi connectivity index (χ3n) is 7.00. The van der Waals surface area contributed by atoms with Crippen molar-refractivity contribution >= 4 is 5.84 Å². The number of nitriles is 2. The van der Waals surface area contributed by atoms with Crippen LogP contribution in [0.3, 0.4) is 0 Å². The van der Waals surface area contributed by atoms with Crippen LogP contribution in [0.4, 0.5) is 0 Å². The van der Waals surface area contributed by atoms with Crippen LogP contribution >= 0.6 is 0 Å². The van der Waals surface area contributed by atoms with Gasteiger partial charge in [0.25, 0.3) is 5.84 Å². The fourth-order valence-corrected chi connectivity index (χ4v) is 5.63. The van der Waals surface area contributed by atoms with Crippen LogP contribution in [-0.2, 0) is 9.47 Å². The van der Waals surface area contributed by atoms with E-state index in [4.69, 9.17) is 19.9 Å². The molecule has 2 heterocycles. The van der Waals surface area contributed by atoms with Crippen LogP contribution in [0.1, 0.15) is 37.3 Å². The highest BCUT2D eigenvalue weighted by molar-refractivity contribution is 5.90. The first-order valence-corrected chi connectivity index (χ1v) is 10.1. The number of ether oxygens (including phenoxy) is 3. The number of hydrogen-bond acceptors (Lipinski definition) is 6. The van der Waals surface area contributed by atoms with Crippen LogP contribution in [-0.4, -0.2) is 33.1 Å². The molecule has 0 saturated carbocycles. The summed E-state index contributed by atoms with van der Waals surface area (Å²) in [5, 5.41) is 23.5. The van der Waals surface area contributed by atoms with Gasteiger partial charge in [-0.3, -0.25) is 5.73 Å². The first-order valence-electron chi connectivity index (χ1n) is 10.1. The van der Waals surface area contributed by atoms with Crippen LogP contribution in [0, 0.1) is 33.5 Å². The predicted octanol–water partition coefficient (Wildman–Crippen LogP) is -0.441. The first kappa shape index (κ1) is 20.4. The zero-order valence-corrected chi connectivity index (χ0v) is 17.5. The largest absolute Gasteiger partial charge is 0.497 e. The molecule has 1 aromatic carbocycles. The number of amidine groups is 1. The van der Waals surface area contributed by atoms with Gasteiger partial charge >= 0.3 is 5.91 Å². The molecule has 0 spiro atoms. The smallest absolute Gasteiger partial charge is 0.346 e. The molecule has 156 valence electrons. The lowest BCUT2D eigenvalue weighted by Crippen LogP contribution is -2.92. The molecule has 0 unspecified atom stereocenters. The first-order chi connectivity index (χ1) is 14.5. The normalized spacial score (nSPS) is 31.8. The van der Waals surface area contributed by atoms with E-state index in [9.17, 15) is 10.5 Å². The number of rotatable bonds is 4. The van der Waals surface area contributed by atoms with Gasteiger partial charge in [0.15, 0.2) is 0 Å². The quantitative estimate of drug-likeness (QED) is 0.578. The predicted molar refractivity (Wildman–Crippen MR) is 106 cm³/mol. The Morgan fingerprint density at radius 1 is 1.07 bits per heavy atom. The van der Waals surface area contributed by atoms with Crippen molar-refractivity contribution in [3.8, 4) is 17.9 Å². The Balaban J connectivity index is 2.05. The third-order valence-corrected chi connectivity index (χ3v) is 7.00. The number of benzene rings is 1. The number of allylic oxidation sites excluding steroid dienone is 1. The molecular formula is C22H27N5O3+2. The summed E-state index contributed by atoms with van der Waals surface area (Å²) in [6, 6.07) is 12.0. The Morgan fingerprint density at radius 2 is 1.73 bits per heavy atom. The summed E-state index contributed by atoms with van der Waals surface area (Å²) in [5.74, 6) is -0.655. The van der Waals surface area contributed by atoms with Crippen molar-refractivity contribution in [3.63, 3.8) is 0 Å². The fourth-order valence-electron chi connectivity index (χ4n) is 5.63. The van der Waals surface area contributed by atoms with Crippen LogP contribution < -0.4 is 20.8 Å². The zero-order valence-electron chi connectivity index (χ0n) is 17.5.